The van der Waals surface area contributed by atoms with Gasteiger partial charge in [-0.1, -0.05) is 15.9 Å². The van der Waals surface area contributed by atoms with Gasteiger partial charge in [0, 0.05) is 29.5 Å². The highest BCUT2D eigenvalue weighted by molar-refractivity contribution is 9.10. The third kappa shape index (κ3) is 2.29. The van der Waals surface area contributed by atoms with Gasteiger partial charge < -0.3 is 14.6 Å². The van der Waals surface area contributed by atoms with Crippen LogP contribution in [0, 0.1) is 0 Å². The van der Waals surface area contributed by atoms with E-state index in [2.05, 4.69) is 15.9 Å². The summed E-state index contributed by atoms with van der Waals surface area (Å²) >= 11 is 3.43. The zero-order valence-corrected chi connectivity index (χ0v) is 11.8. The van der Waals surface area contributed by atoms with Crippen LogP contribution in [0.2, 0.25) is 0 Å². The highest BCUT2D eigenvalue weighted by atomic mass is 79.9. The number of fused-ring (bicyclic) bond motifs is 1. The Morgan fingerprint density at radius 1 is 1.28 bits per heavy atom. The van der Waals surface area contributed by atoms with Crippen molar-refractivity contribution in [1.82, 2.24) is 0 Å². The lowest BCUT2D eigenvalue weighted by atomic mass is 9.83. The number of hydrogen-bond acceptors (Lipinski definition) is 3. The fourth-order valence-electron chi connectivity index (χ4n) is 2.90. The predicted octanol–water partition coefficient (Wildman–Crippen LogP) is 3.20. The van der Waals surface area contributed by atoms with Crippen LogP contribution in [0.1, 0.15) is 37.4 Å². The smallest absolute Gasteiger partial charge is 0.126 e. The van der Waals surface area contributed by atoms with Crippen LogP contribution < -0.4 is 4.74 Å². The first-order chi connectivity index (χ1) is 8.69. The van der Waals surface area contributed by atoms with Crippen LogP contribution in [-0.4, -0.2) is 23.9 Å². The number of halogens is 1. The van der Waals surface area contributed by atoms with E-state index in [1.165, 1.54) is 0 Å². The second kappa shape index (κ2) is 4.83. The van der Waals surface area contributed by atoms with Gasteiger partial charge >= 0.3 is 0 Å². The highest BCUT2D eigenvalue weighted by Crippen LogP contribution is 2.44. The predicted molar refractivity (Wildman–Crippen MR) is 71.7 cm³/mol. The molecule has 4 heteroatoms. The molecule has 3 rings (SSSR count). The van der Waals surface area contributed by atoms with Crippen molar-refractivity contribution in [2.24, 2.45) is 0 Å². The number of rotatable bonds is 0. The fourth-order valence-corrected chi connectivity index (χ4v) is 3.28. The Morgan fingerprint density at radius 3 is 3.06 bits per heavy atom. The number of aliphatic hydroxyl groups is 1. The molecule has 3 nitrogen and oxygen atoms in total. The Morgan fingerprint density at radius 2 is 2.17 bits per heavy atom. The normalized spacial score (nSPS) is 31.6. The molecular weight excluding hydrogens is 296 g/mol. The first kappa shape index (κ1) is 12.5. The maximum Gasteiger partial charge on any atom is 0.126 e. The zero-order valence-electron chi connectivity index (χ0n) is 10.2. The van der Waals surface area contributed by atoms with Gasteiger partial charge in [-0.15, -0.1) is 0 Å². The molecule has 2 aliphatic heterocycles. The molecule has 2 aliphatic rings. The minimum atomic E-state index is -0.440. The van der Waals surface area contributed by atoms with E-state index in [-0.39, 0.29) is 5.60 Å². The first-order valence-corrected chi connectivity index (χ1v) is 7.22. The molecule has 0 aliphatic carbocycles. The number of aliphatic hydroxyl groups excluding tert-OH is 1. The Kier molecular flexibility index (Phi) is 3.34. The Hall–Kier alpha value is -0.580. The van der Waals surface area contributed by atoms with E-state index in [0.29, 0.717) is 6.42 Å². The van der Waals surface area contributed by atoms with E-state index in [4.69, 9.17) is 9.47 Å². The van der Waals surface area contributed by atoms with Crippen molar-refractivity contribution in [2.45, 2.75) is 37.4 Å². The molecule has 0 bridgehead atoms. The van der Waals surface area contributed by atoms with Crippen molar-refractivity contribution in [3.8, 4) is 5.75 Å². The molecule has 2 atom stereocenters. The van der Waals surface area contributed by atoms with Gasteiger partial charge in [0.2, 0.25) is 0 Å². The molecular formula is C14H17BrO3. The van der Waals surface area contributed by atoms with E-state index in [0.717, 1.165) is 48.3 Å². The third-order valence-electron chi connectivity index (χ3n) is 3.85. The molecule has 0 radical (unpaired) electrons. The molecule has 0 amide bonds. The standard InChI is InChI=1S/C14H17BrO3/c15-10-2-3-13-11(8-10)12(16)9-14(18-13)4-1-6-17-7-5-14/h2-3,8,12,16H,1,4-7,9H2. The largest absolute Gasteiger partial charge is 0.487 e. The summed E-state index contributed by atoms with van der Waals surface area (Å²) in [6, 6.07) is 5.84. The summed E-state index contributed by atoms with van der Waals surface area (Å²) in [7, 11) is 0. The van der Waals surface area contributed by atoms with Crippen molar-refractivity contribution in [3.63, 3.8) is 0 Å². The summed E-state index contributed by atoms with van der Waals surface area (Å²) in [5, 5.41) is 10.4. The first-order valence-electron chi connectivity index (χ1n) is 6.43. The van der Waals surface area contributed by atoms with E-state index in [1.54, 1.807) is 0 Å². The van der Waals surface area contributed by atoms with Gasteiger partial charge in [0.15, 0.2) is 0 Å². The maximum atomic E-state index is 10.4. The van der Waals surface area contributed by atoms with E-state index in [1.807, 2.05) is 18.2 Å². The molecule has 1 spiro atoms. The molecule has 98 valence electrons. The topological polar surface area (TPSA) is 38.7 Å². The molecule has 1 saturated heterocycles. The molecule has 2 heterocycles. The Balaban J connectivity index is 1.92. The Labute approximate surface area is 115 Å². The van der Waals surface area contributed by atoms with Crippen LogP contribution in [0.4, 0.5) is 0 Å². The van der Waals surface area contributed by atoms with Gasteiger partial charge in [0.05, 0.1) is 12.7 Å². The molecule has 0 aromatic heterocycles. The fraction of sp³-hybridized carbons (Fsp3) is 0.571. The SMILES string of the molecule is OC1CC2(CCCOCC2)Oc2ccc(Br)cc21. The summed E-state index contributed by atoms with van der Waals surface area (Å²) in [6.45, 7) is 1.52. The average molecular weight is 313 g/mol. The quantitative estimate of drug-likeness (QED) is 0.799. The van der Waals surface area contributed by atoms with Gasteiger partial charge in [-0.2, -0.15) is 0 Å². The molecule has 1 aromatic rings. The second-order valence-electron chi connectivity index (χ2n) is 5.15. The molecule has 18 heavy (non-hydrogen) atoms. The minimum absolute atomic E-state index is 0.239. The Bertz CT molecular complexity index is 439. The van der Waals surface area contributed by atoms with Gasteiger partial charge in [0.1, 0.15) is 11.4 Å². The average Bonchev–Trinajstić information content (AvgIpc) is 2.56. The summed E-state index contributed by atoms with van der Waals surface area (Å²) in [4.78, 5) is 0. The van der Waals surface area contributed by atoms with Crippen molar-refractivity contribution in [2.75, 3.05) is 13.2 Å². The van der Waals surface area contributed by atoms with Crippen LogP contribution in [-0.2, 0) is 4.74 Å². The van der Waals surface area contributed by atoms with Crippen molar-refractivity contribution in [3.05, 3.63) is 28.2 Å². The van der Waals surface area contributed by atoms with Crippen LogP contribution >= 0.6 is 15.9 Å². The second-order valence-corrected chi connectivity index (χ2v) is 6.07. The van der Waals surface area contributed by atoms with Gasteiger partial charge in [-0.3, -0.25) is 0 Å². The summed E-state index contributed by atoms with van der Waals surface area (Å²) in [6.07, 6.45) is 3.04. The van der Waals surface area contributed by atoms with Crippen LogP contribution in [0.3, 0.4) is 0 Å². The lowest BCUT2D eigenvalue weighted by Gasteiger charge is -2.40. The molecule has 1 aromatic carbocycles. The molecule has 1 fully saturated rings. The highest BCUT2D eigenvalue weighted by Gasteiger charge is 2.40. The van der Waals surface area contributed by atoms with Gasteiger partial charge in [-0.05, 0) is 31.0 Å². The molecule has 1 N–H and O–H groups in total. The van der Waals surface area contributed by atoms with Crippen molar-refractivity contribution >= 4 is 15.9 Å². The lowest BCUT2D eigenvalue weighted by molar-refractivity contribution is -0.0272. The van der Waals surface area contributed by atoms with E-state index < -0.39 is 6.10 Å². The third-order valence-corrected chi connectivity index (χ3v) is 4.34. The number of hydrogen-bond donors (Lipinski definition) is 1. The minimum Gasteiger partial charge on any atom is -0.487 e. The van der Waals surface area contributed by atoms with Crippen molar-refractivity contribution in [1.29, 1.82) is 0 Å². The monoisotopic (exact) mass is 312 g/mol. The van der Waals surface area contributed by atoms with Gasteiger partial charge in [0.25, 0.3) is 0 Å². The number of benzene rings is 1. The van der Waals surface area contributed by atoms with Crippen LogP contribution in [0.15, 0.2) is 22.7 Å². The zero-order chi connectivity index (χ0) is 12.6. The summed E-state index contributed by atoms with van der Waals surface area (Å²) < 4.78 is 12.7. The summed E-state index contributed by atoms with van der Waals surface area (Å²) in [5.74, 6) is 0.818. The van der Waals surface area contributed by atoms with Crippen LogP contribution in [0.5, 0.6) is 5.75 Å². The van der Waals surface area contributed by atoms with E-state index in [9.17, 15) is 5.11 Å². The van der Waals surface area contributed by atoms with Crippen LogP contribution in [0.25, 0.3) is 0 Å². The molecule has 0 saturated carbocycles. The van der Waals surface area contributed by atoms with E-state index >= 15 is 0 Å². The van der Waals surface area contributed by atoms with Gasteiger partial charge in [-0.25, -0.2) is 0 Å². The number of ether oxygens (including phenoxy) is 2. The molecule has 2 unspecified atom stereocenters. The lowest BCUT2D eigenvalue weighted by Crippen LogP contribution is -2.41. The maximum absolute atomic E-state index is 10.4. The van der Waals surface area contributed by atoms with Crippen molar-refractivity contribution < 1.29 is 14.6 Å². The summed E-state index contributed by atoms with van der Waals surface area (Å²) in [5.41, 5.74) is 0.650.